The highest BCUT2D eigenvalue weighted by Gasteiger charge is 2.35. The van der Waals surface area contributed by atoms with Gasteiger partial charge in [0.25, 0.3) is 6.20 Å². The highest BCUT2D eigenvalue weighted by atomic mass is 32.1. The third kappa shape index (κ3) is 2.34. The lowest BCUT2D eigenvalue weighted by Crippen LogP contribution is -2.32. The van der Waals surface area contributed by atoms with Crippen molar-refractivity contribution in [3.8, 4) is 0 Å². The van der Waals surface area contributed by atoms with Crippen LogP contribution >= 0.6 is 11.3 Å². The lowest BCUT2D eigenvalue weighted by atomic mass is 10.1. The van der Waals surface area contributed by atoms with Crippen molar-refractivity contribution in [1.82, 2.24) is 10.3 Å². The number of aromatic nitrogens is 3. The van der Waals surface area contributed by atoms with Gasteiger partial charge in [0.2, 0.25) is 5.27 Å². The minimum Gasteiger partial charge on any atom is -0.857 e. The Morgan fingerprint density at radius 1 is 1.38 bits per heavy atom. The van der Waals surface area contributed by atoms with E-state index in [2.05, 4.69) is 15.2 Å². The maximum absolute atomic E-state index is 12.5. The van der Waals surface area contributed by atoms with Crippen molar-refractivity contribution in [2.45, 2.75) is 39.7 Å². The fourth-order valence-corrected chi connectivity index (χ4v) is 3.77. The van der Waals surface area contributed by atoms with Crippen LogP contribution in [0.3, 0.4) is 0 Å². The molecule has 0 atom stereocenters. The van der Waals surface area contributed by atoms with Crippen LogP contribution in [0.4, 0.5) is 11.6 Å². The maximum atomic E-state index is 12.5. The summed E-state index contributed by atoms with van der Waals surface area (Å²) in [5, 5.41) is 17.2. The van der Waals surface area contributed by atoms with E-state index < -0.39 is 5.90 Å². The van der Waals surface area contributed by atoms with E-state index in [1.54, 1.807) is 10.9 Å². The molecule has 1 fully saturated rings. The molecule has 3 aromatic rings. The molecule has 0 aliphatic heterocycles. The largest absolute Gasteiger partial charge is 0.857 e. The van der Waals surface area contributed by atoms with Crippen molar-refractivity contribution in [2.75, 3.05) is 5.73 Å². The number of fused-ring (bicyclic) bond motifs is 1. The molecule has 0 aromatic carbocycles. The van der Waals surface area contributed by atoms with Crippen LogP contribution in [0.1, 0.15) is 40.6 Å². The van der Waals surface area contributed by atoms with Crippen LogP contribution in [0, 0.1) is 20.8 Å². The summed E-state index contributed by atoms with van der Waals surface area (Å²) in [5.74, 6) is -0.231. The molecule has 0 radical (unpaired) electrons. The number of nitrogens with zero attached hydrogens (tertiary/aromatic N) is 4. The Labute approximate surface area is 142 Å². The zero-order valence-corrected chi connectivity index (χ0v) is 14.5. The number of aryl methyl sites for hydroxylation is 2. The quantitative estimate of drug-likeness (QED) is 0.444. The van der Waals surface area contributed by atoms with Crippen LogP contribution in [0.15, 0.2) is 15.7 Å². The summed E-state index contributed by atoms with van der Waals surface area (Å²) < 4.78 is 6.81. The topological polar surface area (TPSA) is 104 Å². The molecule has 0 unspecified atom stereocenters. The van der Waals surface area contributed by atoms with Gasteiger partial charge in [0, 0.05) is 29.8 Å². The summed E-state index contributed by atoms with van der Waals surface area (Å²) >= 11 is 1.27. The first kappa shape index (κ1) is 15.1. The Hall–Kier alpha value is -2.48. The third-order valence-electron chi connectivity index (χ3n) is 4.47. The summed E-state index contributed by atoms with van der Waals surface area (Å²) in [7, 11) is 0. The summed E-state index contributed by atoms with van der Waals surface area (Å²) in [6, 6.07) is 0.375. The van der Waals surface area contributed by atoms with Gasteiger partial charge in [-0.05, 0) is 36.6 Å². The number of thiophene rings is 1. The number of nitrogen functional groups attached to an aromatic ring is 1. The predicted molar refractivity (Wildman–Crippen MR) is 89.4 cm³/mol. The highest BCUT2D eigenvalue weighted by Crippen LogP contribution is 2.36. The average molecular weight is 343 g/mol. The van der Waals surface area contributed by atoms with Gasteiger partial charge in [-0.3, -0.25) is 4.52 Å². The first-order valence-electron chi connectivity index (χ1n) is 7.75. The molecule has 0 amide bonds. The molecular weight excluding hydrogens is 326 g/mol. The molecule has 1 saturated carbocycles. The molecular formula is C16H17N5O2S. The predicted octanol–water partition coefficient (Wildman–Crippen LogP) is 1.85. The molecule has 0 bridgehead atoms. The Bertz CT molecular complexity index is 984. The number of hydrogen-bond acceptors (Lipinski definition) is 7. The average Bonchev–Trinajstić information content (AvgIpc) is 3.21. The Balaban J connectivity index is 1.78. The number of pyridine rings is 1. The van der Waals surface area contributed by atoms with Crippen LogP contribution in [-0.4, -0.2) is 16.2 Å². The van der Waals surface area contributed by atoms with Crippen LogP contribution in [-0.2, 0) is 0 Å². The van der Waals surface area contributed by atoms with Crippen LogP contribution in [0.5, 0.6) is 0 Å². The molecule has 0 saturated heterocycles. The van der Waals surface area contributed by atoms with E-state index in [4.69, 9.17) is 10.3 Å². The third-order valence-corrected chi connectivity index (χ3v) is 5.56. The van der Waals surface area contributed by atoms with Gasteiger partial charge in [-0.1, -0.05) is 0 Å². The number of hydrogen-bond donors (Lipinski definition) is 1. The second-order valence-electron chi connectivity index (χ2n) is 6.14. The number of aliphatic imine (C=N–C) groups is 1. The summed E-state index contributed by atoms with van der Waals surface area (Å²) in [6.07, 6.45) is 3.81. The number of nitrogens with two attached hydrogens (primary N) is 1. The Morgan fingerprint density at radius 2 is 2.12 bits per heavy atom. The van der Waals surface area contributed by atoms with Gasteiger partial charge in [-0.2, -0.15) is 0 Å². The zero-order valence-electron chi connectivity index (χ0n) is 13.7. The van der Waals surface area contributed by atoms with Gasteiger partial charge in [0.1, 0.15) is 4.83 Å². The lowest BCUT2D eigenvalue weighted by molar-refractivity contribution is -0.765. The monoisotopic (exact) mass is 343 g/mol. The molecule has 1 aliphatic carbocycles. The van der Waals surface area contributed by atoms with Gasteiger partial charge in [0.15, 0.2) is 6.04 Å². The summed E-state index contributed by atoms with van der Waals surface area (Å²) in [6.45, 7) is 5.95. The van der Waals surface area contributed by atoms with E-state index >= 15 is 0 Å². The van der Waals surface area contributed by atoms with E-state index in [1.165, 1.54) is 11.3 Å². The minimum absolute atomic E-state index is 0.195. The summed E-state index contributed by atoms with van der Waals surface area (Å²) in [5.41, 5.74) is 9.73. The fourth-order valence-electron chi connectivity index (χ4n) is 2.69. The second-order valence-corrected chi connectivity index (χ2v) is 7.14. The van der Waals surface area contributed by atoms with Crippen molar-refractivity contribution in [1.29, 1.82) is 0 Å². The molecule has 2 N–H and O–H groups in total. The number of anilines is 1. The normalized spacial score (nSPS) is 15.4. The first-order valence-corrected chi connectivity index (χ1v) is 8.57. The van der Waals surface area contributed by atoms with E-state index in [0.717, 1.165) is 39.9 Å². The summed E-state index contributed by atoms with van der Waals surface area (Å²) in [4.78, 5) is 9.70. The second kappa shape index (κ2) is 5.27. The molecule has 7 nitrogen and oxygen atoms in total. The van der Waals surface area contributed by atoms with Gasteiger partial charge in [-0.25, -0.2) is 9.98 Å². The smallest absolute Gasteiger partial charge is 0.320 e. The van der Waals surface area contributed by atoms with Crippen LogP contribution < -0.4 is 15.5 Å². The van der Waals surface area contributed by atoms with E-state index in [9.17, 15) is 5.11 Å². The van der Waals surface area contributed by atoms with Crippen LogP contribution in [0.2, 0.25) is 0 Å². The first-order chi connectivity index (χ1) is 11.5. The molecule has 3 heterocycles. The fraction of sp³-hybridized carbons (Fsp3) is 0.375. The maximum Gasteiger partial charge on any atom is 0.320 e. The van der Waals surface area contributed by atoms with Gasteiger partial charge in [-0.15, -0.1) is 11.3 Å². The van der Waals surface area contributed by atoms with E-state index in [-0.39, 0.29) is 5.88 Å². The Kier molecular flexibility index (Phi) is 3.31. The molecule has 24 heavy (non-hydrogen) atoms. The Morgan fingerprint density at radius 3 is 2.83 bits per heavy atom. The van der Waals surface area contributed by atoms with Crippen molar-refractivity contribution in [3.05, 3.63) is 27.9 Å². The molecule has 0 spiro atoms. The van der Waals surface area contributed by atoms with Crippen molar-refractivity contribution in [2.24, 2.45) is 4.99 Å². The van der Waals surface area contributed by atoms with Gasteiger partial charge < -0.3 is 10.8 Å². The van der Waals surface area contributed by atoms with Gasteiger partial charge >= 0.3 is 5.88 Å². The van der Waals surface area contributed by atoms with Crippen molar-refractivity contribution >= 4 is 39.0 Å². The minimum atomic E-state index is -0.427. The van der Waals surface area contributed by atoms with Crippen LogP contribution in [0.25, 0.3) is 10.2 Å². The standard InChI is InChI=1S/C16H17N5O2S/c1-7-8(2)12-13(17)14(24-16(12)18-9(7)3)15(22)19-11-6-21(20-23-11)10-4-5-10/h6,10H,4-5H2,1-3H3,(H2-,17,19,20,22). The molecule has 4 rings (SSSR count). The highest BCUT2D eigenvalue weighted by molar-refractivity contribution is 7.21. The van der Waals surface area contributed by atoms with E-state index in [0.29, 0.717) is 16.6 Å². The van der Waals surface area contributed by atoms with Crippen molar-refractivity contribution < 1.29 is 14.3 Å². The van der Waals surface area contributed by atoms with Gasteiger partial charge in [0.05, 0.1) is 10.6 Å². The SMILES string of the molecule is Cc1nc2sc(/C([O-])=N/c3c[n+](C4CC4)no3)c(N)c2c(C)c1C. The molecule has 124 valence electrons. The van der Waals surface area contributed by atoms with Crippen molar-refractivity contribution in [3.63, 3.8) is 0 Å². The van der Waals surface area contributed by atoms with E-state index in [1.807, 2.05) is 20.8 Å². The lowest BCUT2D eigenvalue weighted by Gasteiger charge is -2.08. The zero-order chi connectivity index (χ0) is 17.0. The number of rotatable bonds is 3. The molecule has 3 aromatic heterocycles. The molecule has 1 aliphatic rings. The molecule has 8 heteroatoms.